The summed E-state index contributed by atoms with van der Waals surface area (Å²) in [5.41, 5.74) is 8.80. The topological polar surface area (TPSA) is 53.1 Å². The van der Waals surface area contributed by atoms with Crippen LogP contribution in [0.4, 0.5) is 5.69 Å². The molecule has 4 nitrogen and oxygen atoms in total. The molecule has 0 atom stereocenters. The van der Waals surface area contributed by atoms with Crippen molar-refractivity contribution >= 4 is 17.3 Å². The Kier molecular flexibility index (Phi) is 5.30. The molecule has 0 aliphatic rings. The molecule has 0 fully saturated rings. The van der Waals surface area contributed by atoms with Gasteiger partial charge in [-0.1, -0.05) is 6.07 Å². The molecule has 0 unspecified atom stereocenters. The number of nitrogens with two attached hydrogens (primary N) is 1. The SMILES string of the molecule is COc1cc(N)ccc1Cn1cncc1CCCCCl. The second kappa shape index (κ2) is 7.20. The van der Waals surface area contributed by atoms with E-state index in [0.29, 0.717) is 11.6 Å². The predicted octanol–water partition coefficient (Wildman–Crippen LogP) is 3.08. The highest BCUT2D eigenvalue weighted by Crippen LogP contribution is 2.23. The van der Waals surface area contributed by atoms with Crippen molar-refractivity contribution < 1.29 is 4.74 Å². The van der Waals surface area contributed by atoms with Gasteiger partial charge in [-0.25, -0.2) is 4.98 Å². The summed E-state index contributed by atoms with van der Waals surface area (Å²) >= 11 is 5.71. The van der Waals surface area contributed by atoms with Crippen molar-refractivity contribution in [2.45, 2.75) is 25.8 Å². The van der Waals surface area contributed by atoms with Gasteiger partial charge in [0.25, 0.3) is 0 Å². The largest absolute Gasteiger partial charge is 0.496 e. The number of alkyl halides is 1. The lowest BCUT2D eigenvalue weighted by molar-refractivity contribution is 0.408. The molecule has 1 heterocycles. The number of benzene rings is 1. The molecule has 1 aromatic heterocycles. The fraction of sp³-hybridized carbons (Fsp3) is 0.400. The standard InChI is InChI=1S/C15H20ClN3O/c1-20-15-8-13(17)6-5-12(15)10-19-11-18-9-14(19)4-2-3-7-16/h5-6,8-9,11H,2-4,7,10,17H2,1H3. The van der Waals surface area contributed by atoms with Gasteiger partial charge in [0.05, 0.1) is 20.0 Å². The zero-order valence-corrected chi connectivity index (χ0v) is 12.4. The van der Waals surface area contributed by atoms with Crippen LogP contribution in [-0.2, 0) is 13.0 Å². The van der Waals surface area contributed by atoms with Gasteiger partial charge in [0.2, 0.25) is 0 Å². The number of imidazole rings is 1. The van der Waals surface area contributed by atoms with Crippen LogP contribution in [0.25, 0.3) is 0 Å². The minimum atomic E-state index is 0.707. The lowest BCUT2D eigenvalue weighted by Crippen LogP contribution is -2.05. The van der Waals surface area contributed by atoms with Crippen molar-refractivity contribution in [1.82, 2.24) is 9.55 Å². The quantitative estimate of drug-likeness (QED) is 0.485. The Hall–Kier alpha value is -1.68. The van der Waals surface area contributed by atoms with E-state index in [1.54, 1.807) is 7.11 Å². The third-order valence-electron chi connectivity index (χ3n) is 3.27. The maximum atomic E-state index is 5.78. The zero-order valence-electron chi connectivity index (χ0n) is 11.7. The number of unbranched alkanes of at least 4 members (excludes halogenated alkanes) is 1. The first-order chi connectivity index (χ1) is 9.74. The van der Waals surface area contributed by atoms with E-state index in [1.165, 1.54) is 5.69 Å². The van der Waals surface area contributed by atoms with Crippen molar-refractivity contribution in [3.8, 4) is 5.75 Å². The highest BCUT2D eigenvalue weighted by atomic mass is 35.5. The molecule has 2 N–H and O–H groups in total. The molecule has 20 heavy (non-hydrogen) atoms. The van der Waals surface area contributed by atoms with Crippen LogP contribution in [0, 0.1) is 0 Å². The van der Waals surface area contributed by atoms with E-state index in [-0.39, 0.29) is 0 Å². The summed E-state index contributed by atoms with van der Waals surface area (Å²) in [7, 11) is 1.66. The Labute approximate surface area is 124 Å². The van der Waals surface area contributed by atoms with Crippen LogP contribution in [-0.4, -0.2) is 22.5 Å². The van der Waals surface area contributed by atoms with E-state index in [4.69, 9.17) is 22.1 Å². The third kappa shape index (κ3) is 3.67. The van der Waals surface area contributed by atoms with E-state index in [2.05, 4.69) is 9.55 Å². The summed E-state index contributed by atoms with van der Waals surface area (Å²) in [6.45, 7) is 0.736. The summed E-state index contributed by atoms with van der Waals surface area (Å²) in [4.78, 5) is 4.23. The highest BCUT2D eigenvalue weighted by Gasteiger charge is 2.07. The second-order valence-corrected chi connectivity index (χ2v) is 5.11. The third-order valence-corrected chi connectivity index (χ3v) is 3.53. The number of methoxy groups -OCH3 is 1. The number of hydrogen-bond donors (Lipinski definition) is 1. The molecule has 0 radical (unpaired) electrons. The maximum Gasteiger partial charge on any atom is 0.125 e. The van der Waals surface area contributed by atoms with E-state index >= 15 is 0 Å². The lowest BCUT2D eigenvalue weighted by Gasteiger charge is -2.12. The average molecular weight is 294 g/mol. The van der Waals surface area contributed by atoms with Crippen molar-refractivity contribution in [1.29, 1.82) is 0 Å². The van der Waals surface area contributed by atoms with Gasteiger partial charge in [-0.15, -0.1) is 11.6 Å². The Morgan fingerprint density at radius 1 is 1.35 bits per heavy atom. The summed E-state index contributed by atoms with van der Waals surface area (Å²) < 4.78 is 7.52. The van der Waals surface area contributed by atoms with Crippen LogP contribution in [0.3, 0.4) is 0 Å². The van der Waals surface area contributed by atoms with Gasteiger partial charge in [0, 0.05) is 35.1 Å². The van der Waals surface area contributed by atoms with Crippen LogP contribution in [0.5, 0.6) is 5.75 Å². The van der Waals surface area contributed by atoms with Crippen molar-refractivity contribution in [2.75, 3.05) is 18.7 Å². The smallest absolute Gasteiger partial charge is 0.125 e. The van der Waals surface area contributed by atoms with Crippen LogP contribution >= 0.6 is 11.6 Å². The number of rotatable bonds is 7. The van der Waals surface area contributed by atoms with E-state index in [0.717, 1.165) is 37.1 Å². The van der Waals surface area contributed by atoms with Gasteiger partial charge >= 0.3 is 0 Å². The Bertz CT molecular complexity index is 554. The predicted molar refractivity (Wildman–Crippen MR) is 82.4 cm³/mol. The van der Waals surface area contributed by atoms with Gasteiger partial charge in [-0.2, -0.15) is 0 Å². The molecule has 108 valence electrons. The van der Waals surface area contributed by atoms with E-state index in [9.17, 15) is 0 Å². The first kappa shape index (κ1) is 14.7. The van der Waals surface area contributed by atoms with Crippen LogP contribution in [0.1, 0.15) is 24.1 Å². The van der Waals surface area contributed by atoms with Gasteiger partial charge in [0.1, 0.15) is 5.75 Å². The van der Waals surface area contributed by atoms with E-state index < -0.39 is 0 Å². The molecular weight excluding hydrogens is 274 g/mol. The molecule has 2 aromatic rings. The molecule has 2 rings (SSSR count). The molecule has 0 amide bonds. The minimum absolute atomic E-state index is 0.707. The van der Waals surface area contributed by atoms with Gasteiger partial charge in [-0.05, 0) is 25.3 Å². The molecule has 1 aromatic carbocycles. The molecule has 0 saturated heterocycles. The number of aryl methyl sites for hydroxylation is 1. The number of halogens is 1. The van der Waals surface area contributed by atoms with Crippen molar-refractivity contribution in [3.05, 3.63) is 42.0 Å². The summed E-state index contributed by atoms with van der Waals surface area (Å²) in [5, 5.41) is 0. The van der Waals surface area contributed by atoms with Crippen LogP contribution in [0.15, 0.2) is 30.7 Å². The van der Waals surface area contributed by atoms with E-state index in [1.807, 2.05) is 30.7 Å². The number of anilines is 1. The molecule has 0 aliphatic carbocycles. The second-order valence-electron chi connectivity index (χ2n) is 4.73. The van der Waals surface area contributed by atoms with Crippen LogP contribution in [0.2, 0.25) is 0 Å². The summed E-state index contributed by atoms with van der Waals surface area (Å²) in [6.07, 6.45) is 6.86. The van der Waals surface area contributed by atoms with Gasteiger partial charge < -0.3 is 15.0 Å². The Morgan fingerprint density at radius 2 is 2.20 bits per heavy atom. The Balaban J connectivity index is 2.12. The lowest BCUT2D eigenvalue weighted by atomic mass is 10.1. The molecule has 0 aliphatic heterocycles. The molecule has 0 spiro atoms. The molecule has 0 saturated carbocycles. The van der Waals surface area contributed by atoms with Crippen molar-refractivity contribution in [2.24, 2.45) is 0 Å². The average Bonchev–Trinajstić information content (AvgIpc) is 2.88. The number of ether oxygens (including phenoxy) is 1. The van der Waals surface area contributed by atoms with Gasteiger partial charge in [0.15, 0.2) is 0 Å². The first-order valence-corrected chi connectivity index (χ1v) is 7.25. The first-order valence-electron chi connectivity index (χ1n) is 6.72. The number of nitrogens with zero attached hydrogens (tertiary/aromatic N) is 2. The number of nitrogen functional groups attached to an aromatic ring is 1. The number of aromatic nitrogens is 2. The molecule has 5 heteroatoms. The van der Waals surface area contributed by atoms with Crippen molar-refractivity contribution in [3.63, 3.8) is 0 Å². The van der Waals surface area contributed by atoms with Crippen LogP contribution < -0.4 is 10.5 Å². The highest BCUT2D eigenvalue weighted by molar-refractivity contribution is 6.17. The fourth-order valence-electron chi connectivity index (χ4n) is 2.17. The monoisotopic (exact) mass is 293 g/mol. The maximum absolute atomic E-state index is 5.78. The normalized spacial score (nSPS) is 10.7. The molecule has 0 bridgehead atoms. The minimum Gasteiger partial charge on any atom is -0.496 e. The zero-order chi connectivity index (χ0) is 14.4. The Morgan fingerprint density at radius 3 is 2.95 bits per heavy atom. The summed E-state index contributed by atoms with van der Waals surface area (Å²) in [5.74, 6) is 1.52. The molecular formula is C15H20ClN3O. The van der Waals surface area contributed by atoms with Gasteiger partial charge in [-0.3, -0.25) is 0 Å². The summed E-state index contributed by atoms with van der Waals surface area (Å²) in [6, 6.07) is 5.73. The fourth-order valence-corrected chi connectivity index (χ4v) is 2.36. The number of hydrogen-bond acceptors (Lipinski definition) is 3.